The van der Waals surface area contributed by atoms with E-state index < -0.39 is 5.97 Å². The highest BCUT2D eigenvalue weighted by atomic mass is 16.4. The van der Waals surface area contributed by atoms with Crippen LogP contribution in [0.15, 0.2) is 47.6 Å². The molecule has 0 aromatic heterocycles. The number of hydrogen-bond donors (Lipinski definition) is 1. The molecular weight excluding hydrogens is 236 g/mol. The molecule has 0 saturated heterocycles. The average molecular weight is 262 g/mol. The van der Waals surface area contributed by atoms with Gasteiger partial charge in [0.1, 0.15) is 0 Å². The van der Waals surface area contributed by atoms with E-state index in [2.05, 4.69) is 44.2 Å². The zero-order valence-electron chi connectivity index (χ0n) is 12.5. The number of hydrogen-bond acceptors (Lipinski definition) is 1. The van der Waals surface area contributed by atoms with Crippen molar-refractivity contribution in [2.45, 2.75) is 47.0 Å². The van der Waals surface area contributed by atoms with Gasteiger partial charge in [-0.05, 0) is 39.5 Å². The van der Waals surface area contributed by atoms with Gasteiger partial charge in [0.05, 0.1) is 0 Å². The number of carboxylic acid groups (broad SMARTS) is 1. The fourth-order valence-corrected chi connectivity index (χ4v) is 1.62. The molecule has 2 nitrogen and oxygen atoms in total. The van der Waals surface area contributed by atoms with Gasteiger partial charge in [0.2, 0.25) is 0 Å². The molecular formula is C17H26O2. The van der Waals surface area contributed by atoms with Crippen LogP contribution in [0.5, 0.6) is 0 Å². The van der Waals surface area contributed by atoms with Gasteiger partial charge in [0, 0.05) is 6.42 Å². The fourth-order valence-electron chi connectivity index (χ4n) is 1.62. The molecule has 0 saturated carbocycles. The minimum absolute atomic E-state index is 0.219. The standard InChI is InChI=1S/C17H26O2/c1-5-14(2)9-7-6-8-10-15(3)13-16(4)11-12-17(18)19/h5-9,13,15H,10-12H2,1-4H3,(H,18,19)/b8-6+,9-7+,14-5+,16-13+. The highest BCUT2D eigenvalue weighted by Gasteiger charge is 2.00. The van der Waals surface area contributed by atoms with E-state index >= 15 is 0 Å². The maximum atomic E-state index is 10.5. The topological polar surface area (TPSA) is 37.3 Å². The smallest absolute Gasteiger partial charge is 0.303 e. The van der Waals surface area contributed by atoms with E-state index in [1.165, 1.54) is 5.57 Å². The highest BCUT2D eigenvalue weighted by Crippen LogP contribution is 2.12. The van der Waals surface area contributed by atoms with Crippen LogP contribution in [0, 0.1) is 5.92 Å². The van der Waals surface area contributed by atoms with Crippen molar-refractivity contribution < 1.29 is 9.90 Å². The summed E-state index contributed by atoms with van der Waals surface area (Å²) in [6, 6.07) is 0. The SMILES string of the molecule is C/C=C(C)/C=C/C=C/CC(C)/C=C(\C)CCC(=O)O. The van der Waals surface area contributed by atoms with Crippen LogP contribution in [0.1, 0.15) is 47.0 Å². The molecule has 1 unspecified atom stereocenters. The van der Waals surface area contributed by atoms with Crippen molar-refractivity contribution in [1.29, 1.82) is 0 Å². The molecule has 19 heavy (non-hydrogen) atoms. The van der Waals surface area contributed by atoms with Crippen LogP contribution >= 0.6 is 0 Å². The summed E-state index contributed by atoms with van der Waals surface area (Å²) in [4.78, 5) is 10.5. The van der Waals surface area contributed by atoms with Crippen LogP contribution in [-0.2, 0) is 4.79 Å². The quantitative estimate of drug-likeness (QED) is 0.499. The van der Waals surface area contributed by atoms with E-state index in [9.17, 15) is 4.79 Å². The Morgan fingerprint density at radius 3 is 2.47 bits per heavy atom. The molecule has 0 aliphatic heterocycles. The number of rotatable bonds is 8. The van der Waals surface area contributed by atoms with Crippen molar-refractivity contribution in [3.8, 4) is 0 Å². The maximum Gasteiger partial charge on any atom is 0.303 e. The predicted octanol–water partition coefficient (Wildman–Crippen LogP) is 4.90. The first kappa shape index (κ1) is 17.4. The van der Waals surface area contributed by atoms with Crippen molar-refractivity contribution in [1.82, 2.24) is 0 Å². The molecule has 2 heteroatoms. The van der Waals surface area contributed by atoms with Gasteiger partial charge in [-0.2, -0.15) is 0 Å². The van der Waals surface area contributed by atoms with Gasteiger partial charge in [-0.3, -0.25) is 4.79 Å². The Hall–Kier alpha value is -1.57. The normalized spacial score (nSPS) is 15.4. The molecule has 0 heterocycles. The monoisotopic (exact) mass is 262 g/mol. The van der Waals surface area contributed by atoms with Crippen molar-refractivity contribution in [2.75, 3.05) is 0 Å². The summed E-state index contributed by atoms with van der Waals surface area (Å²) in [6.45, 7) is 8.24. The Bertz CT molecular complexity index is 384. The summed E-state index contributed by atoms with van der Waals surface area (Å²) in [7, 11) is 0. The number of aliphatic carboxylic acids is 1. The third-order valence-electron chi connectivity index (χ3n) is 2.87. The van der Waals surface area contributed by atoms with Crippen LogP contribution < -0.4 is 0 Å². The van der Waals surface area contributed by atoms with Gasteiger partial charge in [-0.15, -0.1) is 0 Å². The molecule has 0 aromatic rings. The van der Waals surface area contributed by atoms with Crippen LogP contribution in [-0.4, -0.2) is 11.1 Å². The molecule has 0 aromatic carbocycles. The van der Waals surface area contributed by atoms with E-state index in [0.717, 1.165) is 12.0 Å². The molecule has 0 rings (SSSR count). The van der Waals surface area contributed by atoms with Crippen LogP contribution in [0.25, 0.3) is 0 Å². The summed E-state index contributed by atoms with van der Waals surface area (Å²) in [5.74, 6) is -0.286. The lowest BCUT2D eigenvalue weighted by molar-refractivity contribution is -0.136. The van der Waals surface area contributed by atoms with Gasteiger partial charge in [-0.25, -0.2) is 0 Å². The zero-order valence-corrected chi connectivity index (χ0v) is 12.5. The van der Waals surface area contributed by atoms with Crippen molar-refractivity contribution in [3.05, 3.63) is 47.6 Å². The summed E-state index contributed by atoms with van der Waals surface area (Å²) in [6.07, 6.45) is 14.4. The maximum absolute atomic E-state index is 10.5. The molecule has 0 aliphatic carbocycles. The summed E-state index contributed by atoms with van der Waals surface area (Å²) < 4.78 is 0. The predicted molar refractivity (Wildman–Crippen MR) is 82.1 cm³/mol. The van der Waals surface area contributed by atoms with E-state index in [-0.39, 0.29) is 6.42 Å². The lowest BCUT2D eigenvalue weighted by Crippen LogP contribution is -1.95. The summed E-state index contributed by atoms with van der Waals surface area (Å²) >= 11 is 0. The molecule has 0 bridgehead atoms. The fraction of sp³-hybridized carbons (Fsp3) is 0.471. The van der Waals surface area contributed by atoms with E-state index in [1.54, 1.807) is 0 Å². The molecule has 0 spiro atoms. The first-order valence-corrected chi connectivity index (χ1v) is 6.81. The molecule has 1 atom stereocenters. The average Bonchev–Trinajstić information content (AvgIpc) is 2.35. The van der Waals surface area contributed by atoms with Crippen molar-refractivity contribution in [3.63, 3.8) is 0 Å². The Morgan fingerprint density at radius 1 is 1.21 bits per heavy atom. The van der Waals surface area contributed by atoms with Crippen molar-refractivity contribution in [2.24, 2.45) is 5.92 Å². The molecule has 0 aliphatic rings. The first-order chi connectivity index (χ1) is 8.95. The molecule has 106 valence electrons. The van der Waals surface area contributed by atoms with Gasteiger partial charge in [-0.1, -0.05) is 54.5 Å². The molecule has 0 amide bonds. The second-order valence-electron chi connectivity index (χ2n) is 4.94. The summed E-state index contributed by atoms with van der Waals surface area (Å²) in [5.41, 5.74) is 2.41. The van der Waals surface area contributed by atoms with Gasteiger partial charge in [0.25, 0.3) is 0 Å². The van der Waals surface area contributed by atoms with E-state index in [0.29, 0.717) is 12.3 Å². The lowest BCUT2D eigenvalue weighted by atomic mass is 10.0. The Kier molecular flexibility index (Phi) is 9.51. The van der Waals surface area contributed by atoms with E-state index in [1.807, 2.05) is 19.9 Å². The minimum atomic E-state index is -0.732. The van der Waals surface area contributed by atoms with Gasteiger partial charge in [0.15, 0.2) is 0 Å². The zero-order chi connectivity index (χ0) is 14.7. The van der Waals surface area contributed by atoms with Crippen LogP contribution in [0.2, 0.25) is 0 Å². The number of allylic oxidation sites excluding steroid dienone is 8. The Labute approximate surface area is 117 Å². The number of carboxylic acids is 1. The third kappa shape index (κ3) is 11.3. The van der Waals surface area contributed by atoms with Crippen molar-refractivity contribution >= 4 is 5.97 Å². The minimum Gasteiger partial charge on any atom is -0.481 e. The Morgan fingerprint density at radius 2 is 1.89 bits per heavy atom. The lowest BCUT2D eigenvalue weighted by Gasteiger charge is -2.04. The van der Waals surface area contributed by atoms with Gasteiger partial charge >= 0.3 is 5.97 Å². The van der Waals surface area contributed by atoms with Crippen LogP contribution in [0.3, 0.4) is 0 Å². The highest BCUT2D eigenvalue weighted by molar-refractivity contribution is 5.66. The molecule has 1 N–H and O–H groups in total. The van der Waals surface area contributed by atoms with E-state index in [4.69, 9.17) is 5.11 Å². The number of carbonyl (C=O) groups is 1. The largest absolute Gasteiger partial charge is 0.481 e. The van der Waals surface area contributed by atoms with Gasteiger partial charge < -0.3 is 5.11 Å². The third-order valence-corrected chi connectivity index (χ3v) is 2.87. The second-order valence-corrected chi connectivity index (χ2v) is 4.94. The summed E-state index contributed by atoms with van der Waals surface area (Å²) in [5, 5.41) is 8.61. The second kappa shape index (κ2) is 10.4. The van der Waals surface area contributed by atoms with Crippen LogP contribution in [0.4, 0.5) is 0 Å². The Balaban J connectivity index is 4.07. The first-order valence-electron chi connectivity index (χ1n) is 6.81. The molecule has 0 fully saturated rings. The molecule has 0 radical (unpaired) electrons.